The van der Waals surface area contributed by atoms with E-state index in [1.165, 1.54) is 19.3 Å². The minimum atomic E-state index is -0.741. The lowest BCUT2D eigenvalue weighted by Gasteiger charge is -2.36. The Morgan fingerprint density at radius 3 is 2.65 bits per heavy atom. The Morgan fingerprint density at radius 1 is 1.41 bits per heavy atom. The van der Waals surface area contributed by atoms with Crippen molar-refractivity contribution in [1.82, 2.24) is 5.32 Å². The molecule has 0 bridgehead atoms. The Morgan fingerprint density at radius 2 is 2.12 bits per heavy atom. The second-order valence-electron chi connectivity index (χ2n) is 5.67. The van der Waals surface area contributed by atoms with Gasteiger partial charge in [0.2, 0.25) is 0 Å². The molecule has 1 rings (SSSR count). The van der Waals surface area contributed by atoms with Gasteiger partial charge in [-0.1, -0.05) is 39.5 Å². The molecule has 0 heterocycles. The summed E-state index contributed by atoms with van der Waals surface area (Å²) in [6.07, 6.45) is 7.64. The molecule has 0 spiro atoms. The minimum absolute atomic E-state index is 0.390. The van der Waals surface area contributed by atoms with Gasteiger partial charge in [0.1, 0.15) is 5.54 Å². The number of carbonyl (C=O) groups is 1. The summed E-state index contributed by atoms with van der Waals surface area (Å²) in [5.41, 5.74) is -0.741. The van der Waals surface area contributed by atoms with E-state index in [2.05, 4.69) is 12.2 Å². The number of hydrogen-bond donors (Lipinski definition) is 2. The highest BCUT2D eigenvalue weighted by atomic mass is 16.4. The lowest BCUT2D eigenvalue weighted by atomic mass is 9.82. The van der Waals surface area contributed by atoms with Crippen LogP contribution in [0.5, 0.6) is 0 Å². The third-order valence-corrected chi connectivity index (χ3v) is 4.10. The Bertz CT molecular complexity index is 255. The van der Waals surface area contributed by atoms with Gasteiger partial charge < -0.3 is 5.11 Å². The fourth-order valence-corrected chi connectivity index (χ4v) is 2.98. The topological polar surface area (TPSA) is 49.3 Å². The molecule has 3 heteroatoms. The van der Waals surface area contributed by atoms with Gasteiger partial charge in [-0.3, -0.25) is 10.1 Å². The smallest absolute Gasteiger partial charge is 0.323 e. The zero-order chi connectivity index (χ0) is 12.9. The highest BCUT2D eigenvalue weighted by Crippen LogP contribution is 2.28. The lowest BCUT2D eigenvalue weighted by molar-refractivity contribution is -0.145. The van der Waals surface area contributed by atoms with Crippen molar-refractivity contribution in [3.05, 3.63) is 0 Å². The first kappa shape index (κ1) is 14.5. The average molecular weight is 241 g/mol. The molecule has 0 amide bonds. The van der Waals surface area contributed by atoms with E-state index < -0.39 is 11.5 Å². The van der Waals surface area contributed by atoms with Gasteiger partial charge in [-0.25, -0.2) is 0 Å². The van der Waals surface area contributed by atoms with Gasteiger partial charge in [0.25, 0.3) is 0 Å². The van der Waals surface area contributed by atoms with Gasteiger partial charge >= 0.3 is 5.97 Å². The normalized spacial score (nSPS) is 28.6. The third-order valence-electron chi connectivity index (χ3n) is 4.10. The van der Waals surface area contributed by atoms with Crippen molar-refractivity contribution in [2.45, 2.75) is 77.3 Å². The van der Waals surface area contributed by atoms with E-state index in [0.717, 1.165) is 25.2 Å². The molecule has 1 saturated carbocycles. The van der Waals surface area contributed by atoms with Crippen molar-refractivity contribution in [3.8, 4) is 0 Å². The number of nitrogens with one attached hydrogen (secondary N) is 1. The van der Waals surface area contributed by atoms with Crippen LogP contribution in [0.25, 0.3) is 0 Å². The molecule has 1 aliphatic carbocycles. The van der Waals surface area contributed by atoms with Gasteiger partial charge in [0, 0.05) is 6.04 Å². The summed E-state index contributed by atoms with van der Waals surface area (Å²) < 4.78 is 0. The fraction of sp³-hybridized carbons (Fsp3) is 0.929. The highest BCUT2D eigenvalue weighted by molar-refractivity contribution is 5.78. The van der Waals surface area contributed by atoms with Gasteiger partial charge in [-0.2, -0.15) is 0 Å². The Hall–Kier alpha value is -0.570. The quantitative estimate of drug-likeness (QED) is 0.751. The number of hydrogen-bond acceptors (Lipinski definition) is 2. The first-order valence-corrected chi connectivity index (χ1v) is 7.03. The maximum Gasteiger partial charge on any atom is 0.323 e. The molecule has 3 atom stereocenters. The maximum absolute atomic E-state index is 11.4. The average Bonchev–Trinajstić information content (AvgIpc) is 2.29. The molecule has 17 heavy (non-hydrogen) atoms. The second kappa shape index (κ2) is 6.39. The summed E-state index contributed by atoms with van der Waals surface area (Å²) in [6.45, 7) is 6.10. The van der Waals surface area contributed by atoms with E-state index in [0.29, 0.717) is 12.5 Å². The number of carboxylic acid groups (broad SMARTS) is 1. The van der Waals surface area contributed by atoms with E-state index in [4.69, 9.17) is 0 Å². The molecule has 0 aliphatic heterocycles. The fourth-order valence-electron chi connectivity index (χ4n) is 2.98. The standard InChI is InChI=1S/C14H27NO2/c1-4-9-14(3,13(16)17)15-12-8-6-7-11(5-2)10-12/h11-12,15H,4-10H2,1-3H3,(H,16,17). The van der Waals surface area contributed by atoms with Crippen LogP contribution in [0.4, 0.5) is 0 Å². The molecule has 0 radical (unpaired) electrons. The summed E-state index contributed by atoms with van der Waals surface area (Å²) >= 11 is 0. The molecular weight excluding hydrogens is 214 g/mol. The lowest BCUT2D eigenvalue weighted by Crippen LogP contribution is -2.54. The summed E-state index contributed by atoms with van der Waals surface area (Å²) in [5, 5.41) is 12.8. The minimum Gasteiger partial charge on any atom is -0.480 e. The number of carboxylic acids is 1. The highest BCUT2D eigenvalue weighted by Gasteiger charge is 2.35. The predicted molar refractivity (Wildman–Crippen MR) is 70.1 cm³/mol. The predicted octanol–water partition coefficient (Wildman–Crippen LogP) is 3.19. The van der Waals surface area contributed by atoms with Crippen LogP contribution in [0.1, 0.15) is 65.7 Å². The van der Waals surface area contributed by atoms with Crippen LogP contribution in [0.15, 0.2) is 0 Å². The zero-order valence-corrected chi connectivity index (χ0v) is 11.5. The largest absolute Gasteiger partial charge is 0.480 e. The van der Waals surface area contributed by atoms with Crippen molar-refractivity contribution >= 4 is 5.97 Å². The van der Waals surface area contributed by atoms with Crippen molar-refractivity contribution in [1.29, 1.82) is 0 Å². The van der Waals surface area contributed by atoms with Crippen molar-refractivity contribution in [3.63, 3.8) is 0 Å². The van der Waals surface area contributed by atoms with E-state index in [9.17, 15) is 9.90 Å². The van der Waals surface area contributed by atoms with Crippen LogP contribution in [-0.4, -0.2) is 22.7 Å². The van der Waals surface area contributed by atoms with Crippen LogP contribution < -0.4 is 5.32 Å². The summed E-state index contributed by atoms with van der Waals surface area (Å²) in [6, 6.07) is 0.390. The van der Waals surface area contributed by atoms with Crippen LogP contribution >= 0.6 is 0 Å². The molecule has 3 unspecified atom stereocenters. The van der Waals surface area contributed by atoms with Gasteiger partial charge in [-0.15, -0.1) is 0 Å². The molecule has 3 nitrogen and oxygen atoms in total. The van der Waals surface area contributed by atoms with Crippen molar-refractivity contribution in [2.24, 2.45) is 5.92 Å². The third kappa shape index (κ3) is 3.98. The maximum atomic E-state index is 11.4. The van der Waals surface area contributed by atoms with Gasteiger partial charge in [0.05, 0.1) is 0 Å². The second-order valence-corrected chi connectivity index (χ2v) is 5.67. The molecule has 1 fully saturated rings. The molecule has 1 aliphatic rings. The Balaban J connectivity index is 2.57. The van der Waals surface area contributed by atoms with Gasteiger partial charge in [-0.05, 0) is 32.1 Å². The first-order chi connectivity index (χ1) is 8.01. The molecular formula is C14H27NO2. The molecule has 100 valence electrons. The molecule has 0 saturated heterocycles. The van der Waals surface area contributed by atoms with Crippen LogP contribution in [-0.2, 0) is 4.79 Å². The van der Waals surface area contributed by atoms with Crippen LogP contribution in [0.2, 0.25) is 0 Å². The molecule has 0 aromatic carbocycles. The monoisotopic (exact) mass is 241 g/mol. The number of aliphatic carboxylic acids is 1. The molecule has 0 aromatic heterocycles. The first-order valence-electron chi connectivity index (χ1n) is 7.03. The molecule has 2 N–H and O–H groups in total. The van der Waals surface area contributed by atoms with E-state index in [1.54, 1.807) is 0 Å². The summed E-state index contributed by atoms with van der Waals surface area (Å²) in [7, 11) is 0. The van der Waals surface area contributed by atoms with Gasteiger partial charge in [0.15, 0.2) is 0 Å². The van der Waals surface area contributed by atoms with E-state index in [1.807, 2.05) is 13.8 Å². The SMILES string of the molecule is CCCC(C)(NC1CCCC(CC)C1)C(=O)O. The Kier molecular flexibility index (Phi) is 5.44. The van der Waals surface area contributed by atoms with Crippen molar-refractivity contribution in [2.75, 3.05) is 0 Å². The number of rotatable bonds is 6. The van der Waals surface area contributed by atoms with E-state index >= 15 is 0 Å². The van der Waals surface area contributed by atoms with E-state index in [-0.39, 0.29) is 0 Å². The summed E-state index contributed by atoms with van der Waals surface area (Å²) in [5.74, 6) is 0.0684. The van der Waals surface area contributed by atoms with Crippen LogP contribution in [0.3, 0.4) is 0 Å². The molecule has 0 aromatic rings. The summed E-state index contributed by atoms with van der Waals surface area (Å²) in [4.78, 5) is 11.4. The van der Waals surface area contributed by atoms with Crippen molar-refractivity contribution < 1.29 is 9.90 Å². The Labute approximate surface area is 105 Å². The zero-order valence-electron chi connectivity index (χ0n) is 11.5. The van der Waals surface area contributed by atoms with Crippen LogP contribution in [0, 0.1) is 5.92 Å².